The first-order chi connectivity index (χ1) is 7.72. The predicted molar refractivity (Wildman–Crippen MR) is 67.4 cm³/mol. The second kappa shape index (κ2) is 5.07. The molecule has 1 heterocycles. The molecule has 1 unspecified atom stereocenters. The van der Waals surface area contributed by atoms with Crippen LogP contribution in [-0.4, -0.2) is 20.2 Å². The molecule has 1 aliphatic heterocycles. The number of hydrogen-bond acceptors (Lipinski definition) is 2. The fourth-order valence-corrected chi connectivity index (χ4v) is 2.54. The summed E-state index contributed by atoms with van der Waals surface area (Å²) in [5.41, 5.74) is 2.30. The number of hydrogen-bond donors (Lipinski definition) is 1. The van der Waals surface area contributed by atoms with Crippen molar-refractivity contribution in [1.82, 2.24) is 5.32 Å². The molecule has 0 spiro atoms. The maximum absolute atomic E-state index is 6.24. The van der Waals surface area contributed by atoms with Crippen LogP contribution >= 0.6 is 11.6 Å². The second-order valence-electron chi connectivity index (χ2n) is 4.45. The van der Waals surface area contributed by atoms with Crippen LogP contribution in [-0.2, 0) is 6.42 Å². The average molecular weight is 240 g/mol. The van der Waals surface area contributed by atoms with E-state index >= 15 is 0 Å². The summed E-state index contributed by atoms with van der Waals surface area (Å²) in [7, 11) is 1.69. The Morgan fingerprint density at radius 2 is 2.31 bits per heavy atom. The molecular formula is C13H18ClNO. The Balaban J connectivity index is 2.22. The molecule has 2 nitrogen and oxygen atoms in total. The third kappa shape index (κ3) is 2.33. The van der Waals surface area contributed by atoms with Gasteiger partial charge in [0.2, 0.25) is 0 Å². The number of methoxy groups -OCH3 is 1. The summed E-state index contributed by atoms with van der Waals surface area (Å²) in [4.78, 5) is 0. The predicted octanol–water partition coefficient (Wildman–Crippen LogP) is 2.81. The molecule has 3 heteroatoms. The highest BCUT2D eigenvalue weighted by atomic mass is 35.5. The Morgan fingerprint density at radius 1 is 1.50 bits per heavy atom. The maximum atomic E-state index is 6.24. The van der Waals surface area contributed by atoms with Gasteiger partial charge in [-0.15, -0.1) is 0 Å². The van der Waals surface area contributed by atoms with Crippen LogP contribution in [0.25, 0.3) is 0 Å². The first-order valence-electron chi connectivity index (χ1n) is 5.75. The van der Waals surface area contributed by atoms with E-state index in [4.69, 9.17) is 16.3 Å². The molecule has 0 bridgehead atoms. The van der Waals surface area contributed by atoms with Crippen LogP contribution in [0, 0.1) is 12.8 Å². The zero-order chi connectivity index (χ0) is 11.5. The largest absolute Gasteiger partial charge is 0.495 e. The smallest absolute Gasteiger partial charge is 0.140 e. The third-order valence-electron chi connectivity index (χ3n) is 3.25. The molecule has 1 aromatic carbocycles. The highest BCUT2D eigenvalue weighted by molar-refractivity contribution is 6.32. The van der Waals surface area contributed by atoms with Crippen molar-refractivity contribution in [2.75, 3.05) is 20.2 Å². The molecular weight excluding hydrogens is 222 g/mol. The molecule has 1 aliphatic rings. The lowest BCUT2D eigenvalue weighted by Gasteiger charge is -2.14. The topological polar surface area (TPSA) is 21.3 Å². The van der Waals surface area contributed by atoms with Gasteiger partial charge < -0.3 is 10.1 Å². The Labute approximate surface area is 102 Å². The minimum Gasteiger partial charge on any atom is -0.495 e. The molecule has 1 N–H and O–H groups in total. The van der Waals surface area contributed by atoms with E-state index in [0.717, 1.165) is 35.8 Å². The van der Waals surface area contributed by atoms with Gasteiger partial charge in [-0.2, -0.15) is 0 Å². The molecule has 0 amide bonds. The Morgan fingerprint density at radius 3 is 2.94 bits per heavy atom. The molecule has 0 radical (unpaired) electrons. The van der Waals surface area contributed by atoms with Crippen molar-refractivity contribution in [2.24, 2.45) is 5.92 Å². The van der Waals surface area contributed by atoms with E-state index in [1.54, 1.807) is 7.11 Å². The fraction of sp³-hybridized carbons (Fsp3) is 0.538. The Hall–Kier alpha value is -0.730. The standard InChI is InChI=1S/C13H18ClNO/c1-9-3-4-11(13(16-2)12(9)14)7-10-5-6-15-8-10/h3-4,10,15H,5-8H2,1-2H3. The van der Waals surface area contributed by atoms with Gasteiger partial charge in [0.25, 0.3) is 0 Å². The summed E-state index contributed by atoms with van der Waals surface area (Å²) in [5, 5.41) is 4.14. The van der Waals surface area contributed by atoms with Crippen LogP contribution in [0.3, 0.4) is 0 Å². The zero-order valence-corrected chi connectivity index (χ0v) is 10.6. The average Bonchev–Trinajstić information content (AvgIpc) is 2.77. The van der Waals surface area contributed by atoms with Crippen LogP contribution in [0.5, 0.6) is 5.75 Å². The van der Waals surface area contributed by atoms with Gasteiger partial charge in [-0.25, -0.2) is 0 Å². The van der Waals surface area contributed by atoms with Gasteiger partial charge in [-0.05, 0) is 49.9 Å². The number of halogens is 1. The van der Waals surface area contributed by atoms with Gasteiger partial charge in [0.1, 0.15) is 5.75 Å². The van der Waals surface area contributed by atoms with Crippen LogP contribution in [0.4, 0.5) is 0 Å². The fourth-order valence-electron chi connectivity index (χ4n) is 2.28. The lowest BCUT2D eigenvalue weighted by atomic mass is 9.97. The van der Waals surface area contributed by atoms with Crippen LogP contribution in [0.1, 0.15) is 17.5 Å². The van der Waals surface area contributed by atoms with Crippen molar-refractivity contribution in [3.8, 4) is 5.75 Å². The van der Waals surface area contributed by atoms with E-state index < -0.39 is 0 Å². The van der Waals surface area contributed by atoms with E-state index in [2.05, 4.69) is 17.4 Å². The van der Waals surface area contributed by atoms with E-state index in [-0.39, 0.29) is 0 Å². The van der Waals surface area contributed by atoms with Crippen LogP contribution in [0.2, 0.25) is 5.02 Å². The van der Waals surface area contributed by atoms with Gasteiger partial charge >= 0.3 is 0 Å². The van der Waals surface area contributed by atoms with Gasteiger partial charge in [-0.1, -0.05) is 23.7 Å². The zero-order valence-electron chi connectivity index (χ0n) is 9.85. The lowest BCUT2D eigenvalue weighted by Crippen LogP contribution is -2.11. The van der Waals surface area contributed by atoms with Gasteiger partial charge in [-0.3, -0.25) is 0 Å². The van der Waals surface area contributed by atoms with Gasteiger partial charge in [0.15, 0.2) is 0 Å². The monoisotopic (exact) mass is 239 g/mol. The SMILES string of the molecule is COc1c(CC2CCNC2)ccc(C)c1Cl. The molecule has 1 saturated heterocycles. The summed E-state index contributed by atoms with van der Waals surface area (Å²) in [6.45, 7) is 4.24. The highest BCUT2D eigenvalue weighted by Gasteiger charge is 2.18. The van der Waals surface area contributed by atoms with Crippen molar-refractivity contribution in [3.05, 3.63) is 28.3 Å². The normalized spacial score (nSPS) is 20.1. The number of benzene rings is 1. The molecule has 1 fully saturated rings. The molecule has 0 aliphatic carbocycles. The highest BCUT2D eigenvalue weighted by Crippen LogP contribution is 2.33. The van der Waals surface area contributed by atoms with E-state index in [1.165, 1.54) is 12.0 Å². The van der Waals surface area contributed by atoms with E-state index in [1.807, 2.05) is 6.92 Å². The minimum atomic E-state index is 0.715. The Bertz CT molecular complexity index is 372. The number of nitrogens with one attached hydrogen (secondary N) is 1. The first kappa shape index (κ1) is 11.7. The minimum absolute atomic E-state index is 0.715. The van der Waals surface area contributed by atoms with Crippen molar-refractivity contribution in [3.63, 3.8) is 0 Å². The Kier molecular flexibility index (Phi) is 3.72. The molecule has 88 valence electrons. The molecule has 1 aromatic rings. The quantitative estimate of drug-likeness (QED) is 0.876. The third-order valence-corrected chi connectivity index (χ3v) is 3.72. The number of ether oxygens (including phenoxy) is 1. The summed E-state index contributed by atoms with van der Waals surface area (Å²) >= 11 is 6.24. The van der Waals surface area contributed by atoms with Crippen molar-refractivity contribution < 1.29 is 4.74 Å². The maximum Gasteiger partial charge on any atom is 0.140 e. The molecule has 0 saturated carbocycles. The molecule has 0 aromatic heterocycles. The number of aryl methyl sites for hydroxylation is 1. The van der Waals surface area contributed by atoms with E-state index in [0.29, 0.717) is 5.92 Å². The van der Waals surface area contributed by atoms with Crippen molar-refractivity contribution >= 4 is 11.6 Å². The number of rotatable bonds is 3. The first-order valence-corrected chi connectivity index (χ1v) is 6.13. The molecule has 1 atom stereocenters. The van der Waals surface area contributed by atoms with Gasteiger partial charge in [0, 0.05) is 0 Å². The van der Waals surface area contributed by atoms with Crippen molar-refractivity contribution in [2.45, 2.75) is 19.8 Å². The van der Waals surface area contributed by atoms with Crippen molar-refractivity contribution in [1.29, 1.82) is 0 Å². The molecule has 2 rings (SSSR count). The van der Waals surface area contributed by atoms with E-state index in [9.17, 15) is 0 Å². The summed E-state index contributed by atoms with van der Waals surface area (Å²) in [6, 6.07) is 4.21. The van der Waals surface area contributed by atoms with Crippen LogP contribution in [0.15, 0.2) is 12.1 Å². The second-order valence-corrected chi connectivity index (χ2v) is 4.83. The molecule has 16 heavy (non-hydrogen) atoms. The van der Waals surface area contributed by atoms with Crippen LogP contribution < -0.4 is 10.1 Å². The summed E-state index contributed by atoms with van der Waals surface area (Å²) in [5.74, 6) is 1.57. The van der Waals surface area contributed by atoms with Gasteiger partial charge in [0.05, 0.1) is 12.1 Å². The lowest BCUT2D eigenvalue weighted by molar-refractivity contribution is 0.405. The summed E-state index contributed by atoms with van der Waals surface area (Å²) < 4.78 is 5.41. The summed E-state index contributed by atoms with van der Waals surface area (Å²) in [6.07, 6.45) is 2.30.